The molecule has 1 saturated heterocycles. The van der Waals surface area contributed by atoms with Crippen molar-refractivity contribution in [3.8, 4) is 0 Å². The van der Waals surface area contributed by atoms with E-state index in [4.69, 9.17) is 4.99 Å². The number of aromatic nitrogens is 2. The van der Waals surface area contributed by atoms with Gasteiger partial charge >= 0.3 is 6.03 Å². The predicted molar refractivity (Wildman–Crippen MR) is 119 cm³/mol. The molecule has 2 aliphatic rings. The summed E-state index contributed by atoms with van der Waals surface area (Å²) in [4.78, 5) is 36.3. The van der Waals surface area contributed by atoms with E-state index in [1.165, 1.54) is 10.5 Å². The topological polar surface area (TPSA) is 74.0 Å². The molecule has 2 unspecified atom stereocenters. The van der Waals surface area contributed by atoms with E-state index in [9.17, 15) is 9.59 Å². The number of urea groups is 1. The second-order valence-electron chi connectivity index (χ2n) is 8.60. The Morgan fingerprint density at radius 2 is 1.81 bits per heavy atom. The first-order chi connectivity index (χ1) is 14.8. The third-order valence-electron chi connectivity index (χ3n) is 5.95. The molecule has 8 nitrogen and oxygen atoms in total. The molecule has 8 heteroatoms. The van der Waals surface area contributed by atoms with Crippen molar-refractivity contribution in [3.63, 3.8) is 0 Å². The molecule has 0 saturated carbocycles. The highest BCUT2D eigenvalue weighted by Crippen LogP contribution is 2.30. The lowest BCUT2D eigenvalue weighted by Crippen LogP contribution is -2.66. The van der Waals surface area contributed by atoms with Gasteiger partial charge in [-0.15, -0.1) is 0 Å². The van der Waals surface area contributed by atoms with Crippen LogP contribution in [0.5, 0.6) is 0 Å². The number of carbonyl (C=O) groups is 2. The maximum absolute atomic E-state index is 13.5. The summed E-state index contributed by atoms with van der Waals surface area (Å²) in [5, 5.41) is 4.57. The summed E-state index contributed by atoms with van der Waals surface area (Å²) in [5.74, 6) is 0.435. The zero-order chi connectivity index (χ0) is 22.3. The van der Waals surface area contributed by atoms with Crippen molar-refractivity contribution in [1.82, 2.24) is 24.5 Å². The number of likely N-dealkylation sites (N-methyl/N-ethyl adjacent to an activating group) is 1. The number of benzene rings is 1. The van der Waals surface area contributed by atoms with Crippen LogP contribution in [0, 0.1) is 13.8 Å². The van der Waals surface area contributed by atoms with Crippen molar-refractivity contribution < 1.29 is 9.59 Å². The van der Waals surface area contributed by atoms with Gasteiger partial charge in [0.2, 0.25) is 5.96 Å². The van der Waals surface area contributed by atoms with Crippen LogP contribution in [-0.4, -0.2) is 74.2 Å². The van der Waals surface area contributed by atoms with Gasteiger partial charge in [0.25, 0.3) is 5.91 Å². The number of carbonyl (C=O) groups excluding carboxylic acids is 2. The molecular weight excluding hydrogens is 392 g/mol. The fraction of sp³-hybridized carbons (Fsp3) is 0.478. The number of fused-ring (bicyclic) bond motifs is 1. The summed E-state index contributed by atoms with van der Waals surface area (Å²) in [5.41, 5.74) is 3.03. The smallest absolute Gasteiger partial charge is 0.323 e. The molecule has 164 valence electrons. The normalized spacial score (nSPS) is 21.2. The third-order valence-corrected chi connectivity index (χ3v) is 5.95. The van der Waals surface area contributed by atoms with Gasteiger partial charge in [-0.05, 0) is 52.2 Å². The number of aliphatic imine (C=N–C) groups is 1. The van der Waals surface area contributed by atoms with E-state index in [1.807, 2.05) is 56.9 Å². The fourth-order valence-electron chi connectivity index (χ4n) is 4.47. The molecule has 0 spiro atoms. The zero-order valence-corrected chi connectivity index (χ0v) is 18.8. The average molecular weight is 423 g/mol. The van der Waals surface area contributed by atoms with Crippen molar-refractivity contribution >= 4 is 17.9 Å². The first kappa shape index (κ1) is 21.1. The quantitative estimate of drug-likeness (QED) is 0.743. The van der Waals surface area contributed by atoms with E-state index in [-0.39, 0.29) is 18.0 Å². The van der Waals surface area contributed by atoms with Crippen molar-refractivity contribution in [2.24, 2.45) is 4.99 Å². The highest BCUT2D eigenvalue weighted by Gasteiger charge is 2.53. The van der Waals surface area contributed by atoms with Gasteiger partial charge in [0, 0.05) is 25.3 Å². The monoisotopic (exact) mass is 422 g/mol. The lowest BCUT2D eigenvalue weighted by molar-refractivity contribution is -0.138. The number of nitrogens with zero attached hydrogens (tertiary/aromatic N) is 6. The van der Waals surface area contributed by atoms with E-state index >= 15 is 0 Å². The molecular formula is C23H30N6O2. The molecule has 3 amide bonds. The number of aryl methyl sites for hydroxylation is 3. The minimum atomic E-state index is -0.549. The Morgan fingerprint density at radius 3 is 2.42 bits per heavy atom. The highest BCUT2D eigenvalue weighted by molar-refractivity contribution is 6.04. The van der Waals surface area contributed by atoms with Crippen LogP contribution < -0.4 is 0 Å². The lowest BCUT2D eigenvalue weighted by Gasteiger charge is -2.42. The first-order valence-electron chi connectivity index (χ1n) is 10.8. The second-order valence-corrected chi connectivity index (χ2v) is 8.60. The lowest BCUT2D eigenvalue weighted by atomic mass is 10.1. The van der Waals surface area contributed by atoms with Gasteiger partial charge in [-0.1, -0.05) is 30.3 Å². The number of amides is 3. The zero-order valence-electron chi connectivity index (χ0n) is 18.8. The molecule has 0 N–H and O–H groups in total. The largest absolute Gasteiger partial charge is 0.328 e. The van der Waals surface area contributed by atoms with Crippen molar-refractivity contribution in [2.45, 2.75) is 58.8 Å². The Morgan fingerprint density at radius 1 is 1.10 bits per heavy atom. The van der Waals surface area contributed by atoms with Crippen molar-refractivity contribution in [1.29, 1.82) is 0 Å². The maximum atomic E-state index is 13.5. The molecule has 1 aromatic carbocycles. The molecule has 2 aromatic rings. The predicted octanol–water partition coefficient (Wildman–Crippen LogP) is 2.65. The van der Waals surface area contributed by atoms with Gasteiger partial charge in [0.1, 0.15) is 0 Å². The summed E-state index contributed by atoms with van der Waals surface area (Å²) in [6.07, 6.45) is 0.989. The Balaban J connectivity index is 1.59. The van der Waals surface area contributed by atoms with Gasteiger partial charge in [-0.2, -0.15) is 5.10 Å². The highest BCUT2D eigenvalue weighted by atomic mass is 16.2. The molecule has 3 heterocycles. The van der Waals surface area contributed by atoms with E-state index in [1.54, 1.807) is 16.6 Å². The Hall–Kier alpha value is -3.16. The Kier molecular flexibility index (Phi) is 5.56. The minimum Gasteiger partial charge on any atom is -0.323 e. The minimum absolute atomic E-state index is 0.0226. The van der Waals surface area contributed by atoms with Crippen molar-refractivity contribution in [3.05, 3.63) is 53.3 Å². The van der Waals surface area contributed by atoms with Gasteiger partial charge < -0.3 is 9.80 Å². The Labute approximate surface area is 183 Å². The van der Waals surface area contributed by atoms with Gasteiger partial charge in [0.05, 0.1) is 5.69 Å². The molecule has 31 heavy (non-hydrogen) atoms. The van der Waals surface area contributed by atoms with Gasteiger partial charge in [0.15, 0.2) is 12.2 Å². The van der Waals surface area contributed by atoms with Crippen LogP contribution in [0.25, 0.3) is 0 Å². The summed E-state index contributed by atoms with van der Waals surface area (Å²) in [6.45, 7) is 8.36. The van der Waals surface area contributed by atoms with E-state index in [0.29, 0.717) is 12.5 Å². The van der Waals surface area contributed by atoms with E-state index < -0.39 is 12.2 Å². The van der Waals surface area contributed by atoms with Crippen LogP contribution in [0.2, 0.25) is 0 Å². The van der Waals surface area contributed by atoms with Gasteiger partial charge in [-0.25, -0.2) is 14.5 Å². The summed E-state index contributed by atoms with van der Waals surface area (Å²) in [6, 6.07) is 11.3. The fourth-order valence-corrected chi connectivity index (χ4v) is 4.47. The number of rotatable bonds is 5. The van der Waals surface area contributed by atoms with Crippen LogP contribution in [-0.2, 0) is 11.2 Å². The summed E-state index contributed by atoms with van der Waals surface area (Å²) < 4.78 is 1.78. The number of imide groups is 1. The second kappa shape index (κ2) is 8.17. The summed E-state index contributed by atoms with van der Waals surface area (Å²) >= 11 is 0. The van der Waals surface area contributed by atoms with E-state index in [0.717, 1.165) is 24.2 Å². The maximum Gasteiger partial charge on any atom is 0.328 e. The van der Waals surface area contributed by atoms with Crippen molar-refractivity contribution in [2.75, 3.05) is 13.6 Å². The Bertz CT molecular complexity index is 1010. The van der Waals surface area contributed by atoms with Crippen LogP contribution in [0.1, 0.15) is 37.2 Å². The molecule has 2 atom stereocenters. The molecule has 0 aliphatic carbocycles. The van der Waals surface area contributed by atoms with E-state index in [2.05, 4.69) is 17.2 Å². The standard InChI is InChI=1S/C23H30N6O2/c1-15(2)28-19-20(24-22(28)29-17(4)14-16(3)25-29)26(5)23(31)27(21(19)30)13-9-12-18-10-7-6-8-11-18/h6-8,10-11,14-15,19-20H,9,12-13H2,1-5H3. The summed E-state index contributed by atoms with van der Waals surface area (Å²) in [7, 11) is 1.72. The third kappa shape index (κ3) is 3.71. The molecule has 4 rings (SSSR count). The molecule has 0 radical (unpaired) electrons. The van der Waals surface area contributed by atoms with Crippen LogP contribution >= 0.6 is 0 Å². The van der Waals surface area contributed by atoms with Gasteiger partial charge in [-0.3, -0.25) is 9.69 Å². The van der Waals surface area contributed by atoms with Crippen LogP contribution in [0.15, 0.2) is 41.4 Å². The number of hydrogen-bond donors (Lipinski definition) is 0. The average Bonchev–Trinajstić information content (AvgIpc) is 3.29. The van der Waals surface area contributed by atoms with Crippen LogP contribution in [0.3, 0.4) is 0 Å². The number of hydrogen-bond acceptors (Lipinski definition) is 5. The molecule has 2 aliphatic heterocycles. The molecule has 0 bridgehead atoms. The van der Waals surface area contributed by atoms with Crippen LogP contribution in [0.4, 0.5) is 4.79 Å². The SMILES string of the molecule is Cc1cc(C)n(C2=NC3C(C(=O)N(CCCc4ccccc4)C(=O)N3C)N2C(C)C)n1. The first-order valence-corrected chi connectivity index (χ1v) is 10.8. The molecule has 1 aromatic heterocycles. The molecule has 1 fully saturated rings.